The normalized spacial score (nSPS) is 12.4. The fourth-order valence-corrected chi connectivity index (χ4v) is 3.01. The minimum Gasteiger partial charge on any atom is -0.394 e. The topological polar surface area (TPSA) is 92.7 Å². The van der Waals surface area contributed by atoms with Crippen LogP contribution < -0.4 is 5.32 Å². The molecule has 3 aromatic rings. The van der Waals surface area contributed by atoms with E-state index in [2.05, 4.69) is 10.3 Å². The van der Waals surface area contributed by atoms with Crippen LogP contribution in [0.2, 0.25) is 0 Å². The highest BCUT2D eigenvalue weighted by atomic mass is 32.1. The second kappa shape index (κ2) is 6.12. The van der Waals surface area contributed by atoms with Gasteiger partial charge in [-0.25, -0.2) is 0 Å². The number of fused-ring (bicyclic) bond motifs is 1. The summed E-state index contributed by atoms with van der Waals surface area (Å²) in [6.07, 6.45) is 2.17. The van der Waals surface area contributed by atoms with Crippen molar-refractivity contribution in [2.75, 3.05) is 11.9 Å². The first-order valence-corrected chi connectivity index (χ1v) is 7.58. The molecule has 0 bridgehead atoms. The van der Waals surface area contributed by atoms with Crippen molar-refractivity contribution >= 4 is 27.9 Å². The third-order valence-corrected chi connectivity index (χ3v) is 4.05. The van der Waals surface area contributed by atoms with E-state index < -0.39 is 4.92 Å². The van der Waals surface area contributed by atoms with Crippen molar-refractivity contribution in [3.05, 3.63) is 57.6 Å². The first-order chi connectivity index (χ1) is 10.7. The van der Waals surface area contributed by atoms with Crippen LogP contribution in [0.3, 0.4) is 0 Å². The maximum absolute atomic E-state index is 11.3. The van der Waals surface area contributed by atoms with E-state index in [0.717, 1.165) is 5.56 Å². The lowest BCUT2D eigenvalue weighted by Gasteiger charge is -2.15. The molecule has 0 aliphatic heterocycles. The molecule has 0 saturated heterocycles. The molecule has 0 saturated carbocycles. The van der Waals surface area contributed by atoms with Gasteiger partial charge >= 0.3 is 5.82 Å². The maximum Gasteiger partial charge on any atom is 0.372 e. The average molecular weight is 318 g/mol. The number of nitrogens with zero attached hydrogens (tertiary/aromatic N) is 3. The molecule has 7 nitrogen and oxygen atoms in total. The van der Waals surface area contributed by atoms with Gasteiger partial charge in [0.05, 0.1) is 12.6 Å². The fourth-order valence-electron chi connectivity index (χ4n) is 2.30. The smallest absolute Gasteiger partial charge is 0.372 e. The van der Waals surface area contributed by atoms with Gasteiger partial charge in [-0.05, 0) is 16.9 Å². The number of hydrogen-bond donors (Lipinski definition) is 2. The third-order valence-electron chi connectivity index (χ3n) is 3.30. The quantitative estimate of drug-likeness (QED) is 0.537. The lowest BCUT2D eigenvalue weighted by Crippen LogP contribution is -2.27. The van der Waals surface area contributed by atoms with Gasteiger partial charge in [-0.1, -0.05) is 41.7 Å². The van der Waals surface area contributed by atoms with Gasteiger partial charge in [0, 0.05) is 5.38 Å². The largest absolute Gasteiger partial charge is 0.394 e. The molecule has 0 fully saturated rings. The molecule has 1 atom stereocenters. The molecule has 2 heterocycles. The second-order valence-electron chi connectivity index (χ2n) is 4.81. The number of aliphatic hydroxyl groups is 1. The lowest BCUT2D eigenvalue weighted by molar-refractivity contribution is -0.389. The highest BCUT2D eigenvalue weighted by molar-refractivity contribution is 7.15. The molecule has 0 unspecified atom stereocenters. The number of aliphatic hydroxyl groups excluding tert-OH is 1. The van der Waals surface area contributed by atoms with Gasteiger partial charge in [-0.15, -0.1) is 0 Å². The van der Waals surface area contributed by atoms with E-state index in [9.17, 15) is 15.2 Å². The Bertz CT molecular complexity index is 784. The van der Waals surface area contributed by atoms with Crippen molar-refractivity contribution in [1.82, 2.24) is 9.38 Å². The van der Waals surface area contributed by atoms with Gasteiger partial charge in [0.1, 0.15) is 6.20 Å². The lowest BCUT2D eigenvalue weighted by atomic mass is 10.1. The molecule has 114 valence electrons. The first-order valence-electron chi connectivity index (χ1n) is 6.70. The SMILES string of the molecule is O=[N+]([O-])c1c(N[C@H](CO)Cc2ccccc2)nc2sccn12. The van der Waals surface area contributed by atoms with E-state index in [-0.39, 0.29) is 24.3 Å². The van der Waals surface area contributed by atoms with Gasteiger partial charge in [-0.2, -0.15) is 9.38 Å². The van der Waals surface area contributed by atoms with Crippen LogP contribution in [0.4, 0.5) is 11.6 Å². The maximum atomic E-state index is 11.3. The Morgan fingerprint density at radius 2 is 2.18 bits per heavy atom. The Morgan fingerprint density at radius 1 is 1.41 bits per heavy atom. The number of rotatable bonds is 6. The van der Waals surface area contributed by atoms with E-state index in [1.54, 1.807) is 11.6 Å². The fraction of sp³-hybridized carbons (Fsp3) is 0.214. The Kier molecular flexibility index (Phi) is 4.03. The number of benzene rings is 1. The third kappa shape index (κ3) is 2.78. The summed E-state index contributed by atoms with van der Waals surface area (Å²) in [5.74, 6) is 0.0783. The molecule has 0 radical (unpaired) electrons. The van der Waals surface area contributed by atoms with Gasteiger partial charge < -0.3 is 20.5 Å². The monoisotopic (exact) mass is 318 g/mol. The van der Waals surface area contributed by atoms with Crippen LogP contribution in [0, 0.1) is 10.1 Å². The Labute approximate surface area is 130 Å². The molecule has 8 heteroatoms. The zero-order chi connectivity index (χ0) is 15.5. The molecule has 0 amide bonds. The van der Waals surface area contributed by atoms with Crippen LogP contribution in [0.5, 0.6) is 0 Å². The van der Waals surface area contributed by atoms with Crippen molar-refractivity contribution in [2.45, 2.75) is 12.5 Å². The number of nitrogens with one attached hydrogen (secondary N) is 1. The highest BCUT2D eigenvalue weighted by Gasteiger charge is 2.25. The Balaban J connectivity index is 1.86. The minimum absolute atomic E-state index is 0.109. The number of aromatic nitrogens is 2. The summed E-state index contributed by atoms with van der Waals surface area (Å²) in [4.78, 5) is 15.6. The molecular weight excluding hydrogens is 304 g/mol. The Morgan fingerprint density at radius 3 is 2.86 bits per heavy atom. The van der Waals surface area contributed by atoms with Crippen molar-refractivity contribution in [3.8, 4) is 0 Å². The summed E-state index contributed by atoms with van der Waals surface area (Å²) >= 11 is 1.32. The summed E-state index contributed by atoms with van der Waals surface area (Å²) in [5, 5.41) is 25.5. The van der Waals surface area contributed by atoms with Gasteiger partial charge in [0.2, 0.25) is 5.82 Å². The molecule has 0 spiro atoms. The van der Waals surface area contributed by atoms with E-state index in [4.69, 9.17) is 0 Å². The molecule has 0 aliphatic rings. The van der Waals surface area contributed by atoms with Crippen molar-refractivity contribution in [1.29, 1.82) is 0 Å². The zero-order valence-electron chi connectivity index (χ0n) is 11.5. The molecule has 2 N–H and O–H groups in total. The average Bonchev–Trinajstić information content (AvgIpc) is 3.07. The predicted octanol–water partition coefficient (Wildman–Crippen LogP) is 2.32. The highest BCUT2D eigenvalue weighted by Crippen LogP contribution is 2.28. The number of anilines is 1. The standard InChI is InChI=1S/C14H14N4O3S/c19-9-11(8-10-4-2-1-3-5-10)15-12-13(18(20)21)17-6-7-22-14(17)16-12/h1-7,11,15,19H,8-9H2/t11-/m0/s1. The molecule has 0 aliphatic carbocycles. The molecule has 1 aromatic carbocycles. The van der Waals surface area contributed by atoms with Gasteiger partial charge in [0.25, 0.3) is 4.96 Å². The number of imidazole rings is 1. The van der Waals surface area contributed by atoms with Crippen molar-refractivity contribution < 1.29 is 10.0 Å². The molecule has 3 rings (SSSR count). The number of thiazole rings is 1. The van der Waals surface area contributed by atoms with Crippen LogP contribution >= 0.6 is 11.3 Å². The number of hydrogen-bond acceptors (Lipinski definition) is 6. The van der Waals surface area contributed by atoms with Crippen LogP contribution in [0.25, 0.3) is 4.96 Å². The van der Waals surface area contributed by atoms with E-state index in [1.807, 2.05) is 30.3 Å². The van der Waals surface area contributed by atoms with Crippen molar-refractivity contribution in [3.63, 3.8) is 0 Å². The van der Waals surface area contributed by atoms with E-state index >= 15 is 0 Å². The Hall–Kier alpha value is -2.45. The first kappa shape index (κ1) is 14.5. The summed E-state index contributed by atoms with van der Waals surface area (Å²) in [5.41, 5.74) is 1.04. The van der Waals surface area contributed by atoms with Crippen LogP contribution in [-0.4, -0.2) is 32.1 Å². The zero-order valence-corrected chi connectivity index (χ0v) is 12.4. The van der Waals surface area contributed by atoms with Gasteiger partial charge in [0.15, 0.2) is 0 Å². The molecular formula is C14H14N4O3S. The molecule has 22 heavy (non-hydrogen) atoms. The van der Waals surface area contributed by atoms with Crippen LogP contribution in [0.15, 0.2) is 41.9 Å². The summed E-state index contributed by atoms with van der Waals surface area (Å²) in [7, 11) is 0. The predicted molar refractivity (Wildman–Crippen MR) is 84.4 cm³/mol. The van der Waals surface area contributed by atoms with E-state index in [1.165, 1.54) is 15.7 Å². The summed E-state index contributed by atoms with van der Waals surface area (Å²) < 4.78 is 1.43. The second-order valence-corrected chi connectivity index (χ2v) is 5.68. The van der Waals surface area contributed by atoms with Crippen molar-refractivity contribution in [2.24, 2.45) is 0 Å². The number of nitro groups is 1. The van der Waals surface area contributed by atoms with Crippen LogP contribution in [0.1, 0.15) is 5.56 Å². The minimum atomic E-state index is -0.466. The summed E-state index contributed by atoms with van der Waals surface area (Å²) in [6.45, 7) is -0.142. The molecule has 2 aromatic heterocycles. The van der Waals surface area contributed by atoms with Gasteiger partial charge in [-0.3, -0.25) is 0 Å². The summed E-state index contributed by atoms with van der Waals surface area (Å²) in [6, 6.07) is 9.30. The van der Waals surface area contributed by atoms with E-state index in [0.29, 0.717) is 11.4 Å². The van der Waals surface area contributed by atoms with Crippen LogP contribution in [-0.2, 0) is 6.42 Å².